The van der Waals surface area contributed by atoms with E-state index in [0.29, 0.717) is 9.99 Å². The maximum Gasteiger partial charge on any atom is 0.425 e. The summed E-state index contributed by atoms with van der Waals surface area (Å²) < 4.78 is 34.6. The summed E-state index contributed by atoms with van der Waals surface area (Å²) in [6.45, 7) is 0.0815. The molecule has 10 heteroatoms. The van der Waals surface area contributed by atoms with Crippen molar-refractivity contribution < 1.29 is 17.9 Å². The Balaban J connectivity index is 1.84. The van der Waals surface area contributed by atoms with Gasteiger partial charge in [0, 0.05) is 0 Å². The third-order valence-electron chi connectivity index (χ3n) is 2.65. The summed E-state index contributed by atoms with van der Waals surface area (Å²) in [4.78, 5) is 16.2. The molecule has 0 saturated carbocycles. The highest BCUT2D eigenvalue weighted by molar-refractivity contribution is 7.98. The fraction of sp³-hybridized carbons (Fsp3) is 0.200. The number of carbonyl (C=O) groups excluding carboxylic acids is 1. The molecule has 1 amide bonds. The first-order valence-electron chi connectivity index (χ1n) is 5.62. The van der Waals surface area contributed by atoms with Crippen LogP contribution in [-0.2, 0) is 14.9 Å². The van der Waals surface area contributed by atoms with Gasteiger partial charge in [0.15, 0.2) is 0 Å². The van der Waals surface area contributed by atoms with Crippen LogP contribution in [0.15, 0.2) is 28.1 Å². The summed E-state index contributed by atoms with van der Waals surface area (Å²) in [6.07, 6.45) is 0.688. The molecule has 1 saturated heterocycles. The molecular weight excluding hydrogens is 304 g/mol. The number of cyclic esters (lactones) is 1. The Labute approximate surface area is 119 Å². The summed E-state index contributed by atoms with van der Waals surface area (Å²) >= 11 is 1.32. The highest BCUT2D eigenvalue weighted by Gasteiger charge is 2.33. The zero-order valence-corrected chi connectivity index (χ0v) is 11.7. The zero-order valence-electron chi connectivity index (χ0n) is 10.1. The Morgan fingerprint density at radius 1 is 1.45 bits per heavy atom. The molecule has 0 bridgehead atoms. The van der Waals surface area contributed by atoms with Crippen LogP contribution in [0.3, 0.4) is 0 Å². The SMILES string of the molecule is O=C1OCCN1S(=O)(=O)Nc1ccc2c(c1)SNC=N2. The molecule has 1 aromatic rings. The smallest absolute Gasteiger partial charge is 0.425 e. The summed E-state index contributed by atoms with van der Waals surface area (Å²) in [6, 6.07) is 4.92. The first-order chi connectivity index (χ1) is 9.56. The fourth-order valence-electron chi connectivity index (χ4n) is 1.75. The predicted molar refractivity (Wildman–Crippen MR) is 74.2 cm³/mol. The van der Waals surface area contributed by atoms with Crippen LogP contribution in [0, 0.1) is 0 Å². The molecule has 0 aromatic heterocycles. The third-order valence-corrected chi connectivity index (χ3v) is 4.82. The van der Waals surface area contributed by atoms with Crippen molar-refractivity contribution in [3.05, 3.63) is 18.2 Å². The van der Waals surface area contributed by atoms with E-state index in [-0.39, 0.29) is 13.2 Å². The number of fused-ring (bicyclic) bond motifs is 1. The molecule has 1 aromatic carbocycles. The highest BCUT2D eigenvalue weighted by Crippen LogP contribution is 2.32. The van der Waals surface area contributed by atoms with Gasteiger partial charge in [-0.2, -0.15) is 12.7 Å². The van der Waals surface area contributed by atoms with Gasteiger partial charge in [-0.1, -0.05) is 0 Å². The molecule has 3 rings (SSSR count). The molecule has 2 heterocycles. The molecule has 0 radical (unpaired) electrons. The highest BCUT2D eigenvalue weighted by atomic mass is 32.2. The van der Waals surface area contributed by atoms with E-state index in [4.69, 9.17) is 0 Å². The minimum atomic E-state index is -3.95. The minimum Gasteiger partial charge on any atom is -0.447 e. The first kappa shape index (κ1) is 13.1. The number of nitrogens with one attached hydrogen (secondary N) is 2. The van der Waals surface area contributed by atoms with Crippen LogP contribution in [0.2, 0.25) is 0 Å². The molecule has 20 heavy (non-hydrogen) atoms. The van der Waals surface area contributed by atoms with Crippen LogP contribution >= 0.6 is 11.9 Å². The second kappa shape index (κ2) is 4.87. The molecule has 0 unspecified atom stereocenters. The number of ether oxygens (including phenoxy) is 1. The van der Waals surface area contributed by atoms with Crippen LogP contribution in [-0.4, -0.2) is 38.3 Å². The van der Waals surface area contributed by atoms with Crippen LogP contribution in [0.4, 0.5) is 16.2 Å². The Morgan fingerprint density at radius 2 is 2.30 bits per heavy atom. The van der Waals surface area contributed by atoms with Crippen LogP contribution in [0.1, 0.15) is 0 Å². The van der Waals surface area contributed by atoms with E-state index in [9.17, 15) is 13.2 Å². The number of hydrogen-bond acceptors (Lipinski definition) is 7. The summed E-state index contributed by atoms with van der Waals surface area (Å²) in [5.41, 5.74) is 1.10. The predicted octanol–water partition coefficient (Wildman–Crippen LogP) is 1.07. The number of carbonyl (C=O) groups is 1. The quantitative estimate of drug-likeness (QED) is 0.809. The van der Waals surface area contributed by atoms with Gasteiger partial charge in [0.25, 0.3) is 0 Å². The van der Waals surface area contributed by atoms with Gasteiger partial charge >= 0.3 is 16.3 Å². The van der Waals surface area contributed by atoms with Crippen molar-refractivity contribution in [2.24, 2.45) is 4.99 Å². The van der Waals surface area contributed by atoms with Gasteiger partial charge in [-0.3, -0.25) is 4.72 Å². The summed E-state index contributed by atoms with van der Waals surface area (Å²) in [7, 11) is -3.95. The Hall–Kier alpha value is -1.94. The Bertz CT molecular complexity index is 688. The number of benzene rings is 1. The fourth-order valence-corrected chi connectivity index (χ4v) is 3.50. The van der Waals surface area contributed by atoms with Gasteiger partial charge in [0.1, 0.15) is 6.61 Å². The zero-order chi connectivity index (χ0) is 14.2. The number of amides is 1. The van der Waals surface area contributed by atoms with Crippen LogP contribution in [0.5, 0.6) is 0 Å². The van der Waals surface area contributed by atoms with Crippen molar-refractivity contribution in [1.29, 1.82) is 0 Å². The summed E-state index contributed by atoms with van der Waals surface area (Å²) in [5.74, 6) is 0. The van der Waals surface area contributed by atoms with Crippen LogP contribution in [0.25, 0.3) is 0 Å². The van der Waals surface area contributed by atoms with Gasteiger partial charge in [-0.25, -0.2) is 9.79 Å². The van der Waals surface area contributed by atoms with Gasteiger partial charge in [0.05, 0.1) is 29.2 Å². The van der Waals surface area contributed by atoms with Crippen molar-refractivity contribution in [3.8, 4) is 0 Å². The van der Waals surface area contributed by atoms with E-state index >= 15 is 0 Å². The number of hydrogen-bond donors (Lipinski definition) is 2. The first-order valence-corrected chi connectivity index (χ1v) is 7.88. The average molecular weight is 314 g/mol. The number of aliphatic imine (C=N–C) groups is 1. The molecule has 2 aliphatic rings. The summed E-state index contributed by atoms with van der Waals surface area (Å²) in [5, 5.41) is 0. The molecule has 0 aliphatic carbocycles. The number of nitrogens with zero attached hydrogens (tertiary/aromatic N) is 2. The Morgan fingerprint density at radius 3 is 3.05 bits per heavy atom. The molecule has 1 fully saturated rings. The van der Waals surface area contributed by atoms with E-state index in [1.165, 1.54) is 11.9 Å². The second-order valence-corrected chi connectivity index (χ2v) is 6.43. The Kier molecular flexibility index (Phi) is 3.18. The van der Waals surface area contributed by atoms with E-state index in [1.54, 1.807) is 24.5 Å². The van der Waals surface area contributed by atoms with Gasteiger partial charge in [0.2, 0.25) is 0 Å². The van der Waals surface area contributed by atoms with Gasteiger partial charge in [-0.15, -0.1) is 0 Å². The van der Waals surface area contributed by atoms with Gasteiger partial charge in [-0.05, 0) is 30.1 Å². The van der Waals surface area contributed by atoms with Crippen molar-refractivity contribution in [2.75, 3.05) is 17.9 Å². The molecule has 2 N–H and O–H groups in total. The van der Waals surface area contributed by atoms with Crippen LogP contribution < -0.4 is 9.44 Å². The van der Waals surface area contributed by atoms with Crippen molar-refractivity contribution in [3.63, 3.8) is 0 Å². The maximum absolute atomic E-state index is 12.0. The van der Waals surface area contributed by atoms with Crippen molar-refractivity contribution in [2.45, 2.75) is 4.90 Å². The molecule has 2 aliphatic heterocycles. The largest absolute Gasteiger partial charge is 0.447 e. The lowest BCUT2D eigenvalue weighted by Gasteiger charge is -2.16. The molecule has 0 spiro atoms. The third kappa shape index (κ3) is 2.39. The van der Waals surface area contributed by atoms with Crippen molar-refractivity contribution >= 4 is 46.0 Å². The lowest BCUT2D eigenvalue weighted by atomic mass is 10.3. The topological polar surface area (TPSA) is 100 Å². The second-order valence-electron chi connectivity index (χ2n) is 3.95. The molecular formula is C10H10N4O4S2. The standard InChI is InChI=1S/C10H10N4O4S2/c15-10-14(3-4-18-10)20(16,17)13-7-1-2-8-9(5-7)19-12-6-11-8/h1-2,5-6,13H,3-4H2,(H,11,12). The number of anilines is 1. The lowest BCUT2D eigenvalue weighted by Crippen LogP contribution is -2.36. The molecule has 8 nitrogen and oxygen atoms in total. The minimum absolute atomic E-state index is 0.0136. The van der Waals surface area contributed by atoms with E-state index < -0.39 is 16.3 Å². The average Bonchev–Trinajstić information content (AvgIpc) is 2.85. The van der Waals surface area contributed by atoms with Crippen molar-refractivity contribution in [1.82, 2.24) is 9.03 Å². The molecule has 106 valence electrons. The van der Waals surface area contributed by atoms with E-state index in [1.807, 2.05) is 0 Å². The monoisotopic (exact) mass is 314 g/mol. The van der Waals surface area contributed by atoms with Gasteiger partial charge < -0.3 is 9.46 Å². The molecule has 0 atom stereocenters. The lowest BCUT2D eigenvalue weighted by molar-refractivity contribution is 0.170. The van der Waals surface area contributed by atoms with E-state index in [2.05, 4.69) is 19.2 Å². The van der Waals surface area contributed by atoms with E-state index in [0.717, 1.165) is 10.6 Å². The normalized spacial score (nSPS) is 17.4. The maximum atomic E-state index is 12.0. The number of rotatable bonds is 3.